The first-order valence-electron chi connectivity index (χ1n) is 5.99. The number of halogens is 1. The minimum absolute atomic E-state index is 0.0192. The summed E-state index contributed by atoms with van der Waals surface area (Å²) in [5.74, 6) is 0.140. The number of nitrogens with zero attached hydrogens (tertiary/aromatic N) is 1. The first kappa shape index (κ1) is 15.2. The van der Waals surface area contributed by atoms with E-state index in [9.17, 15) is 4.79 Å². The van der Waals surface area contributed by atoms with Gasteiger partial charge in [-0.05, 0) is 30.5 Å². The highest BCUT2D eigenvalue weighted by molar-refractivity contribution is 9.10. The molecule has 0 saturated heterocycles. The number of rotatable bonds is 6. The molecule has 100 valence electrons. The van der Waals surface area contributed by atoms with Crippen molar-refractivity contribution < 1.29 is 9.53 Å². The van der Waals surface area contributed by atoms with Crippen LogP contribution in [0.5, 0.6) is 0 Å². The second-order valence-corrected chi connectivity index (χ2v) is 5.46. The standard InChI is InChI=1S/C14H20BrNO2/c1-16(2)14(17)12(7-8-18-3)9-11-5-4-6-13(15)10-11/h4-6,10,12H,7-9H2,1-3H3/t12-/m1/s1. The molecule has 4 heteroatoms. The number of carbonyl (C=O) groups is 1. The second kappa shape index (κ2) is 7.54. The van der Waals surface area contributed by atoms with Gasteiger partial charge in [-0.1, -0.05) is 28.1 Å². The van der Waals surface area contributed by atoms with Crippen molar-refractivity contribution in [1.82, 2.24) is 4.90 Å². The first-order valence-corrected chi connectivity index (χ1v) is 6.78. The maximum absolute atomic E-state index is 12.1. The lowest BCUT2D eigenvalue weighted by Gasteiger charge is -2.20. The van der Waals surface area contributed by atoms with Crippen LogP contribution in [0.3, 0.4) is 0 Å². The van der Waals surface area contributed by atoms with Gasteiger partial charge in [-0.15, -0.1) is 0 Å². The summed E-state index contributed by atoms with van der Waals surface area (Å²) in [6.45, 7) is 0.609. The highest BCUT2D eigenvalue weighted by Crippen LogP contribution is 2.18. The van der Waals surface area contributed by atoms with Crippen molar-refractivity contribution in [3.63, 3.8) is 0 Å². The van der Waals surface area contributed by atoms with Crippen LogP contribution in [-0.4, -0.2) is 38.6 Å². The van der Waals surface area contributed by atoms with E-state index in [1.807, 2.05) is 18.2 Å². The Morgan fingerprint density at radius 2 is 2.17 bits per heavy atom. The lowest BCUT2D eigenvalue weighted by Crippen LogP contribution is -2.31. The molecule has 0 fully saturated rings. The van der Waals surface area contributed by atoms with Gasteiger partial charge < -0.3 is 9.64 Å². The Bertz CT molecular complexity index is 393. The van der Waals surface area contributed by atoms with E-state index in [1.54, 1.807) is 26.1 Å². The zero-order valence-electron chi connectivity index (χ0n) is 11.1. The lowest BCUT2D eigenvalue weighted by atomic mass is 9.95. The van der Waals surface area contributed by atoms with Crippen molar-refractivity contribution in [2.24, 2.45) is 5.92 Å². The van der Waals surface area contributed by atoms with Crippen molar-refractivity contribution in [2.45, 2.75) is 12.8 Å². The van der Waals surface area contributed by atoms with Gasteiger partial charge in [-0.2, -0.15) is 0 Å². The molecule has 0 saturated carbocycles. The van der Waals surface area contributed by atoms with Gasteiger partial charge in [0.25, 0.3) is 0 Å². The summed E-state index contributed by atoms with van der Waals surface area (Å²) in [6.07, 6.45) is 1.50. The fraction of sp³-hybridized carbons (Fsp3) is 0.500. The predicted molar refractivity (Wildman–Crippen MR) is 76.5 cm³/mol. The van der Waals surface area contributed by atoms with Crippen LogP contribution < -0.4 is 0 Å². The first-order chi connectivity index (χ1) is 8.54. The molecule has 1 aromatic rings. The van der Waals surface area contributed by atoms with Gasteiger partial charge >= 0.3 is 0 Å². The van der Waals surface area contributed by atoms with Crippen molar-refractivity contribution in [2.75, 3.05) is 27.8 Å². The molecule has 0 aromatic heterocycles. The normalized spacial score (nSPS) is 12.2. The van der Waals surface area contributed by atoms with Crippen molar-refractivity contribution in [3.05, 3.63) is 34.3 Å². The molecule has 1 aromatic carbocycles. The zero-order valence-corrected chi connectivity index (χ0v) is 12.7. The summed E-state index contributed by atoms with van der Waals surface area (Å²) >= 11 is 3.45. The number of hydrogen-bond donors (Lipinski definition) is 0. The van der Waals surface area contributed by atoms with Crippen LogP contribution in [0.25, 0.3) is 0 Å². The smallest absolute Gasteiger partial charge is 0.225 e. The van der Waals surface area contributed by atoms with E-state index in [0.717, 1.165) is 17.3 Å². The van der Waals surface area contributed by atoms with E-state index in [4.69, 9.17) is 4.74 Å². The summed E-state index contributed by atoms with van der Waals surface area (Å²) in [5.41, 5.74) is 1.17. The summed E-state index contributed by atoms with van der Waals surface area (Å²) in [4.78, 5) is 13.7. The Morgan fingerprint density at radius 3 is 2.72 bits per heavy atom. The van der Waals surface area contributed by atoms with Gasteiger partial charge in [-0.25, -0.2) is 0 Å². The summed E-state index contributed by atoms with van der Waals surface area (Å²) in [7, 11) is 5.25. The minimum Gasteiger partial charge on any atom is -0.385 e. The zero-order chi connectivity index (χ0) is 13.5. The van der Waals surface area contributed by atoms with Gasteiger partial charge in [0.05, 0.1) is 0 Å². The third kappa shape index (κ3) is 4.78. The minimum atomic E-state index is -0.0192. The van der Waals surface area contributed by atoms with Crippen LogP contribution in [0.2, 0.25) is 0 Å². The maximum Gasteiger partial charge on any atom is 0.225 e. The van der Waals surface area contributed by atoms with Crippen molar-refractivity contribution in [1.29, 1.82) is 0 Å². The number of carbonyl (C=O) groups excluding carboxylic acids is 1. The van der Waals surface area contributed by atoms with Gasteiger partial charge in [-0.3, -0.25) is 4.79 Å². The number of methoxy groups -OCH3 is 1. The molecule has 18 heavy (non-hydrogen) atoms. The van der Waals surface area contributed by atoms with Crippen LogP contribution in [0.4, 0.5) is 0 Å². The molecule has 0 spiro atoms. The summed E-state index contributed by atoms with van der Waals surface area (Å²) in [5, 5.41) is 0. The monoisotopic (exact) mass is 313 g/mol. The highest BCUT2D eigenvalue weighted by atomic mass is 79.9. The van der Waals surface area contributed by atoms with E-state index >= 15 is 0 Å². The Kier molecular flexibility index (Phi) is 6.36. The quantitative estimate of drug-likeness (QED) is 0.808. The molecule has 0 unspecified atom stereocenters. The average Bonchev–Trinajstić information content (AvgIpc) is 2.33. The Labute approximate surface area is 117 Å². The van der Waals surface area contributed by atoms with Crippen molar-refractivity contribution in [3.8, 4) is 0 Å². The molecule has 0 aliphatic carbocycles. The Morgan fingerprint density at radius 1 is 1.44 bits per heavy atom. The molecule has 0 bridgehead atoms. The Balaban J connectivity index is 2.74. The van der Waals surface area contributed by atoms with Crippen LogP contribution in [-0.2, 0) is 16.0 Å². The average molecular weight is 314 g/mol. The van der Waals surface area contributed by atoms with E-state index in [2.05, 4.69) is 22.0 Å². The molecule has 0 aliphatic rings. The van der Waals surface area contributed by atoms with E-state index in [1.165, 1.54) is 5.56 Å². The fourth-order valence-electron chi connectivity index (χ4n) is 1.89. The topological polar surface area (TPSA) is 29.5 Å². The molecule has 0 N–H and O–H groups in total. The number of ether oxygens (including phenoxy) is 1. The molecule has 3 nitrogen and oxygen atoms in total. The van der Waals surface area contributed by atoms with Crippen LogP contribution in [0.1, 0.15) is 12.0 Å². The van der Waals surface area contributed by atoms with Gasteiger partial charge in [0, 0.05) is 38.2 Å². The van der Waals surface area contributed by atoms with E-state index < -0.39 is 0 Å². The van der Waals surface area contributed by atoms with Crippen LogP contribution in [0.15, 0.2) is 28.7 Å². The van der Waals surface area contributed by atoms with E-state index in [-0.39, 0.29) is 11.8 Å². The molecule has 1 rings (SSSR count). The van der Waals surface area contributed by atoms with Gasteiger partial charge in [0.1, 0.15) is 0 Å². The Hall–Kier alpha value is -0.870. The lowest BCUT2D eigenvalue weighted by molar-refractivity contribution is -0.133. The SMILES string of the molecule is COCC[C@H](Cc1cccc(Br)c1)C(=O)N(C)C. The molecule has 1 atom stereocenters. The third-order valence-corrected chi connectivity index (χ3v) is 3.32. The second-order valence-electron chi connectivity index (χ2n) is 4.55. The number of amides is 1. The largest absolute Gasteiger partial charge is 0.385 e. The summed E-state index contributed by atoms with van der Waals surface area (Å²) < 4.78 is 6.13. The number of benzene rings is 1. The van der Waals surface area contributed by atoms with E-state index in [0.29, 0.717) is 6.61 Å². The molecule has 0 aliphatic heterocycles. The van der Waals surface area contributed by atoms with Crippen molar-refractivity contribution >= 4 is 21.8 Å². The van der Waals surface area contributed by atoms with Crippen LogP contribution >= 0.6 is 15.9 Å². The maximum atomic E-state index is 12.1. The number of hydrogen-bond acceptors (Lipinski definition) is 2. The summed E-state index contributed by atoms with van der Waals surface area (Å²) in [6, 6.07) is 8.09. The predicted octanol–water partition coefficient (Wildman–Crippen LogP) is 2.73. The molecule has 0 radical (unpaired) electrons. The molecule has 1 amide bonds. The molecular formula is C14H20BrNO2. The third-order valence-electron chi connectivity index (χ3n) is 2.83. The highest BCUT2D eigenvalue weighted by Gasteiger charge is 2.20. The molecule has 0 heterocycles. The molecular weight excluding hydrogens is 294 g/mol. The van der Waals surface area contributed by atoms with Gasteiger partial charge in [0.15, 0.2) is 0 Å². The van der Waals surface area contributed by atoms with Gasteiger partial charge in [0.2, 0.25) is 5.91 Å². The van der Waals surface area contributed by atoms with Crippen LogP contribution in [0, 0.1) is 5.92 Å². The fourth-order valence-corrected chi connectivity index (χ4v) is 2.33.